The fraction of sp³-hybridized carbons (Fsp3) is 0.542. The largest absolute Gasteiger partial charge is 0.490 e. The first-order valence-corrected chi connectivity index (χ1v) is 11.2. The van der Waals surface area contributed by atoms with Gasteiger partial charge in [-0.15, -0.1) is 10.2 Å². The topological polar surface area (TPSA) is 85.8 Å². The molecule has 0 atom stereocenters. The van der Waals surface area contributed by atoms with Crippen LogP contribution in [0, 0.1) is 0 Å². The van der Waals surface area contributed by atoms with E-state index in [1.54, 1.807) is 12.0 Å². The summed E-state index contributed by atoms with van der Waals surface area (Å²) < 4.78 is 16.5. The average Bonchev–Trinajstić information content (AvgIpc) is 3.20. The number of methoxy groups -OCH3 is 1. The van der Waals surface area contributed by atoms with Crippen LogP contribution in [0.2, 0.25) is 0 Å². The Hall–Kier alpha value is -2.87. The van der Waals surface area contributed by atoms with Gasteiger partial charge >= 0.3 is 6.09 Å². The summed E-state index contributed by atoms with van der Waals surface area (Å²) in [6, 6.07) is 8.09. The Bertz CT molecular complexity index is 967. The fourth-order valence-corrected chi connectivity index (χ4v) is 4.08. The van der Waals surface area contributed by atoms with Gasteiger partial charge in [-0.25, -0.2) is 4.79 Å². The van der Waals surface area contributed by atoms with E-state index in [0.29, 0.717) is 26.3 Å². The lowest BCUT2D eigenvalue weighted by Crippen LogP contribution is -2.58. The molecule has 1 fully saturated rings. The Balaban J connectivity index is 1.47. The van der Waals surface area contributed by atoms with Crippen molar-refractivity contribution < 1.29 is 19.0 Å². The van der Waals surface area contributed by atoms with Gasteiger partial charge < -0.3 is 24.4 Å². The van der Waals surface area contributed by atoms with Crippen LogP contribution >= 0.6 is 0 Å². The van der Waals surface area contributed by atoms with Crippen LogP contribution < -0.4 is 10.1 Å². The highest BCUT2D eigenvalue weighted by atomic mass is 16.6. The Morgan fingerprint density at radius 1 is 1.12 bits per heavy atom. The molecular formula is C24H32N4O4. The van der Waals surface area contributed by atoms with E-state index in [4.69, 9.17) is 14.2 Å². The average molecular weight is 441 g/mol. The Morgan fingerprint density at radius 3 is 2.62 bits per heavy atom. The minimum atomic E-state index is -0.485. The molecule has 1 aliphatic heterocycles. The normalized spacial score (nSPS) is 15.8. The molecule has 172 valence electrons. The van der Waals surface area contributed by atoms with Crippen LogP contribution in [0.3, 0.4) is 0 Å². The van der Waals surface area contributed by atoms with Crippen LogP contribution in [0.15, 0.2) is 24.3 Å². The van der Waals surface area contributed by atoms with Gasteiger partial charge in [-0.3, -0.25) is 0 Å². The minimum Gasteiger partial charge on any atom is -0.490 e. The summed E-state index contributed by atoms with van der Waals surface area (Å²) in [5.74, 6) is 1.62. The molecule has 1 aliphatic carbocycles. The van der Waals surface area contributed by atoms with E-state index in [1.165, 1.54) is 11.1 Å². The number of carbonyl (C=O) groups excluding carboxylic acids is 1. The van der Waals surface area contributed by atoms with Gasteiger partial charge in [-0.1, -0.05) is 12.1 Å². The summed E-state index contributed by atoms with van der Waals surface area (Å²) in [5, 5.41) is 12.6. The van der Waals surface area contributed by atoms with Crippen molar-refractivity contribution in [2.24, 2.45) is 0 Å². The van der Waals surface area contributed by atoms with Gasteiger partial charge in [0.15, 0.2) is 5.82 Å². The number of rotatable bonds is 7. The first kappa shape index (κ1) is 22.3. The van der Waals surface area contributed by atoms with Crippen molar-refractivity contribution in [3.63, 3.8) is 0 Å². The lowest BCUT2D eigenvalue weighted by molar-refractivity contribution is 0.0104. The molecule has 1 aromatic heterocycles. The van der Waals surface area contributed by atoms with Crippen molar-refractivity contribution in [2.45, 2.75) is 51.7 Å². The number of para-hydroxylation sites is 1. The molecule has 0 bridgehead atoms. The van der Waals surface area contributed by atoms with Crippen LogP contribution in [0.1, 0.15) is 38.3 Å². The number of hydrogen-bond donors (Lipinski definition) is 1. The van der Waals surface area contributed by atoms with Gasteiger partial charge in [0.1, 0.15) is 23.7 Å². The highest BCUT2D eigenvalue weighted by molar-refractivity contribution is 5.73. The third kappa shape index (κ3) is 4.96. The van der Waals surface area contributed by atoms with Crippen LogP contribution in [0.4, 0.5) is 10.6 Å². The molecule has 1 N–H and O–H groups in total. The second-order valence-corrected chi connectivity index (χ2v) is 9.27. The summed E-state index contributed by atoms with van der Waals surface area (Å²) in [7, 11) is 1.66. The number of nitrogens with one attached hydrogen (secondary N) is 1. The van der Waals surface area contributed by atoms with Crippen molar-refractivity contribution >= 4 is 11.9 Å². The zero-order valence-electron chi connectivity index (χ0n) is 19.3. The van der Waals surface area contributed by atoms with Gasteiger partial charge in [0, 0.05) is 31.3 Å². The monoisotopic (exact) mass is 440 g/mol. The van der Waals surface area contributed by atoms with Gasteiger partial charge in [-0.05, 0) is 57.7 Å². The number of aromatic nitrogens is 2. The highest BCUT2D eigenvalue weighted by Gasteiger charge is 2.35. The second-order valence-electron chi connectivity index (χ2n) is 9.27. The maximum atomic E-state index is 12.2. The molecule has 0 radical (unpaired) electrons. The molecule has 0 unspecified atom stereocenters. The summed E-state index contributed by atoms with van der Waals surface area (Å²) in [6.07, 6.45) is 2.74. The third-order valence-electron chi connectivity index (χ3n) is 5.60. The van der Waals surface area contributed by atoms with Crippen molar-refractivity contribution in [1.29, 1.82) is 0 Å². The maximum Gasteiger partial charge on any atom is 0.410 e. The SMILES string of the molecule is COCCOc1ccccc1-c1nnc(NC2CN(C(=O)OC(C)(C)C)C2)c2c1CCC2. The molecule has 1 aromatic carbocycles. The van der Waals surface area contributed by atoms with E-state index in [0.717, 1.165) is 42.1 Å². The fourth-order valence-electron chi connectivity index (χ4n) is 4.08. The van der Waals surface area contributed by atoms with E-state index in [9.17, 15) is 4.79 Å². The van der Waals surface area contributed by atoms with Crippen LogP contribution in [0.25, 0.3) is 11.3 Å². The van der Waals surface area contributed by atoms with E-state index in [1.807, 2.05) is 45.0 Å². The van der Waals surface area contributed by atoms with Crippen LogP contribution in [-0.2, 0) is 22.3 Å². The predicted octanol–water partition coefficient (Wildman–Crippen LogP) is 3.69. The maximum absolute atomic E-state index is 12.2. The Labute approximate surface area is 189 Å². The molecule has 0 saturated carbocycles. The Kier molecular flexibility index (Phi) is 6.50. The first-order valence-electron chi connectivity index (χ1n) is 11.2. The lowest BCUT2D eigenvalue weighted by Gasteiger charge is -2.40. The molecule has 1 saturated heterocycles. The third-order valence-corrected chi connectivity index (χ3v) is 5.60. The number of hydrogen-bond acceptors (Lipinski definition) is 7. The standard InChI is InChI=1S/C24H32N4O4/c1-24(2,3)32-23(29)28-14-16(15-28)25-22-18-10-7-9-17(18)21(26-27-22)19-8-5-6-11-20(19)31-13-12-30-4/h5-6,8,11,16H,7,9-10,12-15H2,1-4H3,(H,25,27). The van der Waals surface area contributed by atoms with Crippen molar-refractivity contribution in [3.05, 3.63) is 35.4 Å². The van der Waals surface area contributed by atoms with Gasteiger partial charge in [0.05, 0.1) is 12.6 Å². The van der Waals surface area contributed by atoms with Crippen molar-refractivity contribution in [1.82, 2.24) is 15.1 Å². The van der Waals surface area contributed by atoms with E-state index in [-0.39, 0.29) is 12.1 Å². The molecule has 1 amide bonds. The lowest BCUT2D eigenvalue weighted by atomic mass is 10.0. The van der Waals surface area contributed by atoms with Crippen LogP contribution in [-0.4, -0.2) is 66.2 Å². The zero-order valence-corrected chi connectivity index (χ0v) is 19.3. The molecule has 32 heavy (non-hydrogen) atoms. The number of carbonyl (C=O) groups is 1. The molecule has 2 aliphatic rings. The number of nitrogens with zero attached hydrogens (tertiary/aromatic N) is 3. The molecule has 0 spiro atoms. The smallest absolute Gasteiger partial charge is 0.410 e. The zero-order chi connectivity index (χ0) is 22.7. The van der Waals surface area contributed by atoms with Gasteiger partial charge in [-0.2, -0.15) is 0 Å². The Morgan fingerprint density at radius 2 is 1.88 bits per heavy atom. The number of ether oxygens (including phenoxy) is 3. The van der Waals surface area contributed by atoms with Crippen LogP contribution in [0.5, 0.6) is 5.75 Å². The summed E-state index contributed by atoms with van der Waals surface area (Å²) >= 11 is 0. The van der Waals surface area contributed by atoms with Crippen molar-refractivity contribution in [2.75, 3.05) is 38.7 Å². The first-order chi connectivity index (χ1) is 15.4. The molecule has 4 rings (SSSR count). The quantitative estimate of drug-likeness (QED) is 0.657. The number of anilines is 1. The molecule has 8 nitrogen and oxygen atoms in total. The molecular weight excluding hydrogens is 408 g/mol. The predicted molar refractivity (Wildman–Crippen MR) is 122 cm³/mol. The van der Waals surface area contributed by atoms with E-state index in [2.05, 4.69) is 15.5 Å². The molecule has 8 heteroatoms. The number of fused-ring (bicyclic) bond motifs is 1. The second kappa shape index (κ2) is 9.32. The highest BCUT2D eigenvalue weighted by Crippen LogP contribution is 2.38. The number of amides is 1. The minimum absolute atomic E-state index is 0.150. The van der Waals surface area contributed by atoms with Gasteiger partial charge in [0.25, 0.3) is 0 Å². The molecule has 2 heterocycles. The number of benzene rings is 1. The van der Waals surface area contributed by atoms with E-state index < -0.39 is 5.60 Å². The van der Waals surface area contributed by atoms with Crippen molar-refractivity contribution in [3.8, 4) is 17.0 Å². The van der Waals surface area contributed by atoms with Gasteiger partial charge in [0.2, 0.25) is 0 Å². The summed E-state index contributed by atoms with van der Waals surface area (Å²) in [6.45, 7) is 7.85. The summed E-state index contributed by atoms with van der Waals surface area (Å²) in [5.41, 5.74) is 3.81. The number of likely N-dealkylation sites (tertiary alicyclic amines) is 1. The van der Waals surface area contributed by atoms with E-state index >= 15 is 0 Å². The summed E-state index contributed by atoms with van der Waals surface area (Å²) in [4.78, 5) is 13.9. The molecule has 2 aromatic rings.